The summed E-state index contributed by atoms with van der Waals surface area (Å²) in [4.78, 5) is 12.5. The van der Waals surface area contributed by atoms with E-state index < -0.39 is 0 Å². The fourth-order valence-electron chi connectivity index (χ4n) is 2.99. The number of carbonyl (C=O) groups is 1. The highest BCUT2D eigenvalue weighted by Crippen LogP contribution is 2.38. The van der Waals surface area contributed by atoms with Gasteiger partial charge in [-0.2, -0.15) is 0 Å². The molecule has 1 aliphatic carbocycles. The average molecular weight is 307 g/mol. The lowest BCUT2D eigenvalue weighted by atomic mass is 9.86. The van der Waals surface area contributed by atoms with E-state index in [-0.39, 0.29) is 11.9 Å². The van der Waals surface area contributed by atoms with Crippen molar-refractivity contribution >= 4 is 5.91 Å². The van der Waals surface area contributed by atoms with E-state index in [0.717, 1.165) is 6.42 Å². The zero-order valence-corrected chi connectivity index (χ0v) is 13.8. The van der Waals surface area contributed by atoms with Crippen molar-refractivity contribution in [3.05, 3.63) is 17.7 Å². The van der Waals surface area contributed by atoms with E-state index in [9.17, 15) is 4.79 Å². The molecule has 0 spiro atoms. The molecule has 1 saturated carbocycles. The Kier molecular flexibility index (Phi) is 5.52. The molecule has 0 aliphatic heterocycles. The Morgan fingerprint density at radius 3 is 2.14 bits per heavy atom. The number of methoxy groups -OCH3 is 3. The summed E-state index contributed by atoms with van der Waals surface area (Å²) in [6, 6.07) is 3.61. The predicted molar refractivity (Wildman–Crippen MR) is 85.0 cm³/mol. The fraction of sp³-hybridized carbons (Fsp3) is 0.588. The molecule has 1 aliphatic rings. The van der Waals surface area contributed by atoms with Gasteiger partial charge < -0.3 is 19.5 Å². The molecule has 5 heteroatoms. The van der Waals surface area contributed by atoms with Gasteiger partial charge in [0.2, 0.25) is 5.75 Å². The third kappa shape index (κ3) is 3.46. The second-order valence-corrected chi connectivity index (χ2v) is 5.76. The van der Waals surface area contributed by atoms with Gasteiger partial charge in [-0.15, -0.1) is 0 Å². The molecule has 0 heterocycles. The van der Waals surface area contributed by atoms with Crippen molar-refractivity contribution in [2.24, 2.45) is 5.92 Å². The van der Waals surface area contributed by atoms with E-state index in [0.29, 0.717) is 28.7 Å². The van der Waals surface area contributed by atoms with Crippen LogP contribution in [0, 0.1) is 5.92 Å². The second-order valence-electron chi connectivity index (χ2n) is 5.76. The lowest BCUT2D eigenvalue weighted by molar-refractivity contribution is 0.0909. The maximum atomic E-state index is 12.5. The van der Waals surface area contributed by atoms with Crippen molar-refractivity contribution in [1.29, 1.82) is 0 Å². The Morgan fingerprint density at radius 2 is 1.64 bits per heavy atom. The average Bonchev–Trinajstić information content (AvgIpc) is 2.55. The zero-order chi connectivity index (χ0) is 16.1. The lowest BCUT2D eigenvalue weighted by Crippen LogP contribution is -2.41. The van der Waals surface area contributed by atoms with Crippen LogP contribution in [0.15, 0.2) is 12.1 Å². The quantitative estimate of drug-likeness (QED) is 0.908. The zero-order valence-electron chi connectivity index (χ0n) is 13.8. The predicted octanol–water partition coefficient (Wildman–Crippen LogP) is 3.02. The molecule has 0 bridgehead atoms. The highest BCUT2D eigenvalue weighted by Gasteiger charge is 2.24. The molecule has 2 atom stereocenters. The molecular formula is C17H25NO4. The number of carbonyl (C=O) groups excluding carboxylic acids is 1. The minimum atomic E-state index is -0.0991. The third-order valence-corrected chi connectivity index (χ3v) is 4.35. The molecule has 0 aromatic heterocycles. The molecule has 0 radical (unpaired) electrons. The number of nitrogens with one attached hydrogen (secondary N) is 1. The Bertz CT molecular complexity index is 504. The SMILES string of the molecule is COc1cc(C(=O)N[C@@H]2CCCC[C@@H]2C)cc(OC)c1OC. The highest BCUT2D eigenvalue weighted by molar-refractivity contribution is 5.95. The summed E-state index contributed by atoms with van der Waals surface area (Å²) in [7, 11) is 4.63. The summed E-state index contributed by atoms with van der Waals surface area (Å²) in [5.74, 6) is 1.89. The summed E-state index contributed by atoms with van der Waals surface area (Å²) in [5, 5.41) is 3.13. The van der Waals surface area contributed by atoms with Crippen LogP contribution in [0.4, 0.5) is 0 Å². The standard InChI is InChI=1S/C17H25NO4/c1-11-7-5-6-8-13(11)18-17(19)12-9-14(20-2)16(22-4)15(10-12)21-3/h9-11,13H,5-8H2,1-4H3,(H,18,19)/t11-,13+/m0/s1. The molecular weight excluding hydrogens is 282 g/mol. The van der Waals surface area contributed by atoms with Crippen LogP contribution in [-0.2, 0) is 0 Å². The minimum absolute atomic E-state index is 0.0991. The van der Waals surface area contributed by atoms with Crippen molar-refractivity contribution < 1.29 is 19.0 Å². The number of hydrogen-bond acceptors (Lipinski definition) is 4. The molecule has 122 valence electrons. The third-order valence-electron chi connectivity index (χ3n) is 4.35. The first kappa shape index (κ1) is 16.5. The van der Waals surface area contributed by atoms with Crippen LogP contribution >= 0.6 is 0 Å². The monoisotopic (exact) mass is 307 g/mol. The van der Waals surface area contributed by atoms with Gasteiger partial charge in [0.15, 0.2) is 11.5 Å². The van der Waals surface area contributed by atoms with Gasteiger partial charge in [-0.05, 0) is 30.9 Å². The van der Waals surface area contributed by atoms with Gasteiger partial charge >= 0.3 is 0 Å². The number of ether oxygens (including phenoxy) is 3. The molecule has 1 N–H and O–H groups in total. The Hall–Kier alpha value is -1.91. The Labute approximate surface area is 131 Å². The molecule has 2 rings (SSSR count). The minimum Gasteiger partial charge on any atom is -0.493 e. The molecule has 1 aromatic carbocycles. The fourth-order valence-corrected chi connectivity index (χ4v) is 2.99. The van der Waals surface area contributed by atoms with Crippen LogP contribution in [0.25, 0.3) is 0 Å². The first-order valence-electron chi connectivity index (χ1n) is 7.71. The van der Waals surface area contributed by atoms with Crippen molar-refractivity contribution in [2.75, 3.05) is 21.3 Å². The van der Waals surface area contributed by atoms with E-state index in [1.807, 2.05) is 0 Å². The van der Waals surface area contributed by atoms with Crippen molar-refractivity contribution in [3.63, 3.8) is 0 Å². The van der Waals surface area contributed by atoms with E-state index in [1.165, 1.54) is 19.3 Å². The molecule has 1 fully saturated rings. The summed E-state index contributed by atoms with van der Waals surface area (Å²) in [6.07, 6.45) is 4.62. The number of hydrogen-bond donors (Lipinski definition) is 1. The molecule has 1 aromatic rings. The van der Waals surface area contributed by atoms with Crippen LogP contribution in [-0.4, -0.2) is 33.3 Å². The molecule has 1 amide bonds. The van der Waals surface area contributed by atoms with Gasteiger partial charge in [-0.25, -0.2) is 0 Å². The maximum absolute atomic E-state index is 12.5. The van der Waals surface area contributed by atoms with E-state index in [4.69, 9.17) is 14.2 Å². The summed E-state index contributed by atoms with van der Waals surface area (Å²) >= 11 is 0. The van der Waals surface area contributed by atoms with Gasteiger partial charge in [-0.1, -0.05) is 19.8 Å². The van der Waals surface area contributed by atoms with E-state index >= 15 is 0 Å². The van der Waals surface area contributed by atoms with Crippen molar-refractivity contribution in [1.82, 2.24) is 5.32 Å². The first-order valence-corrected chi connectivity index (χ1v) is 7.71. The van der Waals surface area contributed by atoms with Gasteiger partial charge in [0, 0.05) is 11.6 Å². The van der Waals surface area contributed by atoms with E-state index in [2.05, 4.69) is 12.2 Å². The summed E-state index contributed by atoms with van der Waals surface area (Å²) in [6.45, 7) is 2.19. The largest absolute Gasteiger partial charge is 0.493 e. The Balaban J connectivity index is 2.21. The Morgan fingerprint density at radius 1 is 1.05 bits per heavy atom. The first-order chi connectivity index (χ1) is 10.6. The molecule has 0 saturated heterocycles. The van der Waals surface area contributed by atoms with Crippen LogP contribution in [0.5, 0.6) is 17.2 Å². The maximum Gasteiger partial charge on any atom is 0.251 e. The molecule has 0 unspecified atom stereocenters. The van der Waals surface area contributed by atoms with Gasteiger partial charge in [0.25, 0.3) is 5.91 Å². The van der Waals surface area contributed by atoms with Crippen molar-refractivity contribution in [3.8, 4) is 17.2 Å². The number of benzene rings is 1. The molecule has 22 heavy (non-hydrogen) atoms. The van der Waals surface area contributed by atoms with Crippen molar-refractivity contribution in [2.45, 2.75) is 38.6 Å². The van der Waals surface area contributed by atoms with E-state index in [1.54, 1.807) is 33.5 Å². The summed E-state index contributed by atoms with van der Waals surface area (Å²) in [5.41, 5.74) is 0.521. The van der Waals surface area contributed by atoms with Gasteiger partial charge in [0.05, 0.1) is 21.3 Å². The van der Waals surface area contributed by atoms with Crippen LogP contribution in [0.1, 0.15) is 43.0 Å². The summed E-state index contributed by atoms with van der Waals surface area (Å²) < 4.78 is 15.9. The van der Waals surface area contributed by atoms with Gasteiger partial charge in [0.1, 0.15) is 0 Å². The van der Waals surface area contributed by atoms with Crippen LogP contribution in [0.2, 0.25) is 0 Å². The smallest absolute Gasteiger partial charge is 0.251 e. The van der Waals surface area contributed by atoms with Crippen LogP contribution in [0.3, 0.4) is 0 Å². The molecule has 5 nitrogen and oxygen atoms in total. The lowest BCUT2D eigenvalue weighted by Gasteiger charge is -2.29. The number of amides is 1. The topological polar surface area (TPSA) is 56.8 Å². The second kappa shape index (κ2) is 7.38. The van der Waals surface area contributed by atoms with Gasteiger partial charge in [-0.3, -0.25) is 4.79 Å². The number of rotatable bonds is 5. The highest BCUT2D eigenvalue weighted by atomic mass is 16.5. The normalized spacial score (nSPS) is 21.1. The van der Waals surface area contributed by atoms with Crippen LogP contribution < -0.4 is 19.5 Å².